The lowest BCUT2D eigenvalue weighted by atomic mass is 10.3. The third-order valence-electron chi connectivity index (χ3n) is 2.07. The quantitative estimate of drug-likeness (QED) is 0.859. The van der Waals surface area contributed by atoms with Crippen molar-refractivity contribution in [2.75, 3.05) is 5.32 Å². The number of halogens is 1. The molecule has 1 aromatic heterocycles. The Morgan fingerprint density at radius 2 is 1.88 bits per heavy atom. The van der Waals surface area contributed by atoms with E-state index in [1.54, 1.807) is 12.1 Å². The van der Waals surface area contributed by atoms with Crippen molar-refractivity contribution in [3.05, 3.63) is 51.5 Å². The highest BCUT2D eigenvalue weighted by atomic mass is 127. The van der Waals surface area contributed by atoms with Gasteiger partial charge in [0.2, 0.25) is 0 Å². The van der Waals surface area contributed by atoms with E-state index in [1.807, 2.05) is 31.2 Å². The number of carbonyl (C=O) groups is 1. The number of aryl methyl sites for hydroxylation is 1. The Morgan fingerprint density at radius 3 is 2.44 bits per heavy atom. The zero-order chi connectivity index (χ0) is 11.5. The summed E-state index contributed by atoms with van der Waals surface area (Å²) in [6.45, 7) is 1.81. The maximum atomic E-state index is 11.7. The van der Waals surface area contributed by atoms with Gasteiger partial charge in [-0.25, -0.2) is 0 Å². The van der Waals surface area contributed by atoms with Crippen molar-refractivity contribution in [1.82, 2.24) is 0 Å². The highest BCUT2D eigenvalue weighted by molar-refractivity contribution is 14.1. The highest BCUT2D eigenvalue weighted by Gasteiger charge is 2.09. The molecule has 0 bridgehead atoms. The monoisotopic (exact) mass is 327 g/mol. The number of hydrogen-bond donors (Lipinski definition) is 1. The first-order chi connectivity index (χ1) is 7.65. The summed E-state index contributed by atoms with van der Waals surface area (Å²) in [4.78, 5) is 11.7. The molecule has 2 rings (SSSR count). The molecule has 0 unspecified atom stereocenters. The van der Waals surface area contributed by atoms with E-state index in [2.05, 4.69) is 27.9 Å². The number of furan rings is 1. The summed E-state index contributed by atoms with van der Waals surface area (Å²) in [7, 11) is 0. The molecule has 82 valence electrons. The molecule has 0 spiro atoms. The van der Waals surface area contributed by atoms with E-state index < -0.39 is 0 Å². The maximum Gasteiger partial charge on any atom is 0.291 e. The summed E-state index contributed by atoms with van der Waals surface area (Å²) in [5.41, 5.74) is 0.763. The highest BCUT2D eigenvalue weighted by Crippen LogP contribution is 2.13. The first-order valence-electron chi connectivity index (χ1n) is 4.78. The molecule has 0 saturated heterocycles. The van der Waals surface area contributed by atoms with Gasteiger partial charge in [0, 0.05) is 9.26 Å². The second kappa shape index (κ2) is 4.69. The van der Waals surface area contributed by atoms with E-state index in [0.717, 1.165) is 15.0 Å². The lowest BCUT2D eigenvalue weighted by Gasteiger charge is -2.02. The summed E-state index contributed by atoms with van der Waals surface area (Å²) in [6, 6.07) is 11.0. The van der Waals surface area contributed by atoms with Crippen LogP contribution in [-0.4, -0.2) is 5.91 Å². The third-order valence-corrected chi connectivity index (χ3v) is 2.79. The van der Waals surface area contributed by atoms with Crippen LogP contribution in [0.3, 0.4) is 0 Å². The molecule has 0 aliphatic carbocycles. The molecular weight excluding hydrogens is 317 g/mol. The van der Waals surface area contributed by atoms with Crippen molar-refractivity contribution >= 4 is 34.2 Å². The molecule has 1 N–H and O–H groups in total. The van der Waals surface area contributed by atoms with Crippen LogP contribution in [0.15, 0.2) is 40.8 Å². The fraction of sp³-hybridized carbons (Fsp3) is 0.0833. The van der Waals surface area contributed by atoms with Gasteiger partial charge in [0.05, 0.1) is 0 Å². The van der Waals surface area contributed by atoms with Gasteiger partial charge in [-0.15, -0.1) is 0 Å². The Morgan fingerprint density at radius 1 is 1.19 bits per heavy atom. The molecule has 0 fully saturated rings. The van der Waals surface area contributed by atoms with Crippen molar-refractivity contribution in [2.45, 2.75) is 6.92 Å². The zero-order valence-electron chi connectivity index (χ0n) is 8.66. The molecular formula is C12H10INO2. The maximum absolute atomic E-state index is 11.7. The summed E-state index contributed by atoms with van der Waals surface area (Å²) in [5, 5.41) is 2.76. The van der Waals surface area contributed by atoms with Gasteiger partial charge in [0.1, 0.15) is 5.76 Å². The second-order valence-electron chi connectivity index (χ2n) is 3.37. The van der Waals surface area contributed by atoms with Crippen LogP contribution in [0.1, 0.15) is 16.3 Å². The van der Waals surface area contributed by atoms with E-state index in [4.69, 9.17) is 4.42 Å². The van der Waals surface area contributed by atoms with Gasteiger partial charge in [-0.05, 0) is 65.9 Å². The molecule has 0 radical (unpaired) electrons. The first kappa shape index (κ1) is 11.2. The Kier molecular flexibility index (Phi) is 3.28. The minimum atomic E-state index is -0.227. The van der Waals surface area contributed by atoms with Gasteiger partial charge >= 0.3 is 0 Å². The van der Waals surface area contributed by atoms with Crippen LogP contribution in [0.25, 0.3) is 0 Å². The molecule has 0 aliphatic heterocycles. The lowest BCUT2D eigenvalue weighted by molar-refractivity contribution is 0.0995. The predicted molar refractivity (Wildman–Crippen MR) is 70.6 cm³/mol. The van der Waals surface area contributed by atoms with Gasteiger partial charge in [0.25, 0.3) is 5.91 Å². The minimum absolute atomic E-state index is 0.227. The molecule has 0 atom stereocenters. The SMILES string of the molecule is Cc1ccc(C(=O)Nc2ccc(I)cc2)o1. The first-order valence-corrected chi connectivity index (χ1v) is 5.86. The summed E-state index contributed by atoms with van der Waals surface area (Å²) < 4.78 is 6.36. The van der Waals surface area contributed by atoms with Crippen LogP contribution in [-0.2, 0) is 0 Å². The smallest absolute Gasteiger partial charge is 0.291 e. The summed E-state index contributed by atoms with van der Waals surface area (Å²) in [6.07, 6.45) is 0. The fourth-order valence-electron chi connectivity index (χ4n) is 1.28. The normalized spacial score (nSPS) is 10.1. The zero-order valence-corrected chi connectivity index (χ0v) is 10.8. The summed E-state index contributed by atoms with van der Waals surface area (Å²) >= 11 is 2.21. The molecule has 3 nitrogen and oxygen atoms in total. The average Bonchev–Trinajstić information content (AvgIpc) is 2.68. The molecule has 16 heavy (non-hydrogen) atoms. The van der Waals surface area contributed by atoms with Gasteiger partial charge in [-0.1, -0.05) is 0 Å². The van der Waals surface area contributed by atoms with Gasteiger partial charge in [0.15, 0.2) is 5.76 Å². The number of amides is 1. The minimum Gasteiger partial charge on any atom is -0.456 e. The van der Waals surface area contributed by atoms with Crippen molar-refractivity contribution in [2.24, 2.45) is 0 Å². The number of carbonyl (C=O) groups excluding carboxylic acids is 1. The molecule has 1 heterocycles. The summed E-state index contributed by atoms with van der Waals surface area (Å²) in [5.74, 6) is 0.832. The van der Waals surface area contributed by atoms with E-state index in [-0.39, 0.29) is 5.91 Å². The van der Waals surface area contributed by atoms with E-state index in [9.17, 15) is 4.79 Å². The number of nitrogens with one attached hydrogen (secondary N) is 1. The van der Waals surface area contributed by atoms with Crippen LogP contribution >= 0.6 is 22.6 Å². The Bertz CT molecular complexity index is 502. The third kappa shape index (κ3) is 2.63. The van der Waals surface area contributed by atoms with Crippen LogP contribution in [0, 0.1) is 10.5 Å². The Balaban J connectivity index is 2.10. The van der Waals surface area contributed by atoms with Gasteiger partial charge in [-0.3, -0.25) is 4.79 Å². The molecule has 4 heteroatoms. The Hall–Kier alpha value is -1.30. The molecule has 1 aromatic carbocycles. The van der Waals surface area contributed by atoms with E-state index >= 15 is 0 Å². The van der Waals surface area contributed by atoms with Crippen molar-refractivity contribution in [3.63, 3.8) is 0 Å². The largest absolute Gasteiger partial charge is 0.456 e. The molecule has 0 saturated carbocycles. The molecule has 0 aliphatic rings. The number of benzene rings is 1. The fourth-order valence-corrected chi connectivity index (χ4v) is 1.64. The molecule has 2 aromatic rings. The van der Waals surface area contributed by atoms with Crippen molar-refractivity contribution in [1.29, 1.82) is 0 Å². The van der Waals surface area contributed by atoms with E-state index in [1.165, 1.54) is 0 Å². The van der Waals surface area contributed by atoms with Crippen LogP contribution < -0.4 is 5.32 Å². The van der Waals surface area contributed by atoms with E-state index in [0.29, 0.717) is 5.76 Å². The van der Waals surface area contributed by atoms with Gasteiger partial charge in [-0.2, -0.15) is 0 Å². The predicted octanol–water partition coefficient (Wildman–Crippen LogP) is 3.44. The average molecular weight is 327 g/mol. The Labute approximate surface area is 107 Å². The number of rotatable bonds is 2. The number of anilines is 1. The van der Waals surface area contributed by atoms with Crippen molar-refractivity contribution < 1.29 is 9.21 Å². The standard InChI is InChI=1S/C12H10INO2/c1-8-2-7-11(16-8)12(15)14-10-5-3-9(13)4-6-10/h2-7H,1H3,(H,14,15). The van der Waals surface area contributed by atoms with Crippen LogP contribution in [0.4, 0.5) is 5.69 Å². The van der Waals surface area contributed by atoms with Crippen LogP contribution in [0.5, 0.6) is 0 Å². The topological polar surface area (TPSA) is 42.2 Å². The van der Waals surface area contributed by atoms with Crippen LogP contribution in [0.2, 0.25) is 0 Å². The second-order valence-corrected chi connectivity index (χ2v) is 4.62. The number of hydrogen-bond acceptors (Lipinski definition) is 2. The van der Waals surface area contributed by atoms with Gasteiger partial charge < -0.3 is 9.73 Å². The molecule has 1 amide bonds. The lowest BCUT2D eigenvalue weighted by Crippen LogP contribution is -2.10. The van der Waals surface area contributed by atoms with Crippen molar-refractivity contribution in [3.8, 4) is 0 Å².